The highest BCUT2D eigenvalue weighted by molar-refractivity contribution is 5.67. The number of likely N-dealkylation sites (N-methyl/N-ethyl adjacent to an activating group) is 1. The molecule has 1 N–H and O–H groups in total. The van der Waals surface area contributed by atoms with Crippen LogP contribution in [0, 0.1) is 0 Å². The summed E-state index contributed by atoms with van der Waals surface area (Å²) in [4.78, 5) is 2.39. The van der Waals surface area contributed by atoms with E-state index < -0.39 is 0 Å². The van der Waals surface area contributed by atoms with Gasteiger partial charge in [0.2, 0.25) is 5.88 Å². The average Bonchev–Trinajstić information content (AvgIpc) is 2.83. The van der Waals surface area contributed by atoms with Crippen LogP contribution >= 0.6 is 0 Å². The van der Waals surface area contributed by atoms with Gasteiger partial charge in [-0.05, 0) is 32.0 Å². The molecule has 1 unspecified atom stereocenters. The summed E-state index contributed by atoms with van der Waals surface area (Å²) in [6, 6.07) is 10.4. The molecule has 0 saturated carbocycles. The van der Waals surface area contributed by atoms with E-state index in [1.807, 2.05) is 41.2 Å². The molecule has 0 spiro atoms. The van der Waals surface area contributed by atoms with Crippen molar-refractivity contribution in [2.75, 3.05) is 13.6 Å². The second-order valence-electron chi connectivity index (χ2n) is 5.58. The molecule has 0 amide bonds. The molecule has 1 fully saturated rings. The number of hydrogen-bond acceptors (Lipinski definition) is 3. The molecule has 1 saturated heterocycles. The molecular weight excluding hydrogens is 250 g/mol. The summed E-state index contributed by atoms with van der Waals surface area (Å²) < 4.78 is 1.88. The van der Waals surface area contributed by atoms with Crippen molar-refractivity contribution >= 4 is 0 Å². The van der Waals surface area contributed by atoms with E-state index in [2.05, 4.69) is 17.0 Å². The van der Waals surface area contributed by atoms with Crippen LogP contribution in [0.25, 0.3) is 11.1 Å². The highest BCUT2D eigenvalue weighted by atomic mass is 16.3. The summed E-state index contributed by atoms with van der Waals surface area (Å²) in [7, 11) is 2.17. The molecule has 0 bridgehead atoms. The molecule has 4 heteroatoms. The minimum Gasteiger partial charge on any atom is -0.492 e. The Morgan fingerprint density at radius 3 is 2.80 bits per heavy atom. The molecule has 2 heterocycles. The molecule has 2 aromatic rings. The fourth-order valence-corrected chi connectivity index (χ4v) is 2.92. The smallest absolute Gasteiger partial charge is 0.238 e. The molecular formula is C16H21N3O. The van der Waals surface area contributed by atoms with E-state index in [1.165, 1.54) is 19.3 Å². The van der Waals surface area contributed by atoms with Gasteiger partial charge in [-0.15, -0.1) is 5.10 Å². The molecule has 4 nitrogen and oxygen atoms in total. The van der Waals surface area contributed by atoms with Gasteiger partial charge in [0.1, 0.15) is 0 Å². The predicted octanol–water partition coefficient (Wildman–Crippen LogP) is 2.74. The molecule has 1 aromatic heterocycles. The van der Waals surface area contributed by atoms with Gasteiger partial charge in [-0.3, -0.25) is 4.68 Å². The second-order valence-corrected chi connectivity index (χ2v) is 5.58. The third-order valence-corrected chi connectivity index (χ3v) is 4.15. The molecule has 0 radical (unpaired) electrons. The quantitative estimate of drug-likeness (QED) is 0.933. The van der Waals surface area contributed by atoms with Gasteiger partial charge in [-0.1, -0.05) is 36.8 Å². The largest absolute Gasteiger partial charge is 0.492 e. The predicted molar refractivity (Wildman–Crippen MR) is 79.6 cm³/mol. The first-order valence-corrected chi connectivity index (χ1v) is 7.26. The number of nitrogens with zero attached hydrogens (tertiary/aromatic N) is 3. The Labute approximate surface area is 119 Å². The van der Waals surface area contributed by atoms with Crippen LogP contribution in [-0.2, 0) is 6.54 Å². The molecule has 106 valence electrons. The lowest BCUT2D eigenvalue weighted by Gasteiger charge is -2.32. The molecule has 1 aromatic carbocycles. The summed E-state index contributed by atoms with van der Waals surface area (Å²) in [6.07, 6.45) is 5.73. The van der Waals surface area contributed by atoms with Crippen LogP contribution in [0.5, 0.6) is 5.88 Å². The Hall–Kier alpha value is -1.81. The van der Waals surface area contributed by atoms with Crippen LogP contribution in [0.3, 0.4) is 0 Å². The number of piperidine rings is 1. The SMILES string of the molecule is CN1CCCCC1Cn1cc(-c2ccccc2)c(O)n1. The minimum atomic E-state index is 0.120. The van der Waals surface area contributed by atoms with Gasteiger partial charge in [-0.2, -0.15) is 0 Å². The third kappa shape index (κ3) is 2.70. The van der Waals surface area contributed by atoms with Gasteiger partial charge in [0.05, 0.1) is 12.1 Å². The van der Waals surface area contributed by atoms with Crippen molar-refractivity contribution in [3.8, 4) is 17.0 Å². The van der Waals surface area contributed by atoms with E-state index in [0.29, 0.717) is 6.04 Å². The molecule has 20 heavy (non-hydrogen) atoms. The normalized spacial score (nSPS) is 20.1. The van der Waals surface area contributed by atoms with E-state index >= 15 is 0 Å². The van der Waals surface area contributed by atoms with Crippen molar-refractivity contribution in [3.63, 3.8) is 0 Å². The van der Waals surface area contributed by atoms with Gasteiger partial charge < -0.3 is 10.0 Å². The van der Waals surface area contributed by atoms with Crippen molar-refractivity contribution < 1.29 is 5.11 Å². The standard InChI is InChI=1S/C16H21N3O/c1-18-10-6-5-9-14(18)11-19-12-15(16(20)17-19)13-7-3-2-4-8-13/h2-4,7-8,12,14H,5-6,9-11H2,1H3,(H,17,20). The maximum absolute atomic E-state index is 10.0. The van der Waals surface area contributed by atoms with Gasteiger partial charge in [0.25, 0.3) is 0 Å². The highest BCUT2D eigenvalue weighted by Crippen LogP contribution is 2.28. The van der Waals surface area contributed by atoms with Crippen molar-refractivity contribution in [1.82, 2.24) is 14.7 Å². The van der Waals surface area contributed by atoms with Crippen LogP contribution in [0.15, 0.2) is 36.5 Å². The molecule has 0 aliphatic carbocycles. The molecule has 1 aliphatic rings. The summed E-state index contributed by atoms with van der Waals surface area (Å²) in [6.45, 7) is 2.00. The monoisotopic (exact) mass is 271 g/mol. The van der Waals surface area contributed by atoms with Gasteiger partial charge in [-0.25, -0.2) is 0 Å². The summed E-state index contributed by atoms with van der Waals surface area (Å²) in [5, 5.41) is 14.3. The second kappa shape index (κ2) is 5.67. The third-order valence-electron chi connectivity index (χ3n) is 4.15. The number of rotatable bonds is 3. The Kier molecular flexibility index (Phi) is 3.74. The number of aromatic nitrogens is 2. The Morgan fingerprint density at radius 1 is 1.25 bits per heavy atom. The lowest BCUT2D eigenvalue weighted by molar-refractivity contribution is 0.163. The number of hydrogen-bond donors (Lipinski definition) is 1. The van der Waals surface area contributed by atoms with Crippen molar-refractivity contribution in [2.45, 2.75) is 31.8 Å². The van der Waals surface area contributed by atoms with Crippen molar-refractivity contribution in [1.29, 1.82) is 0 Å². The first kappa shape index (κ1) is 13.2. The van der Waals surface area contributed by atoms with Crippen molar-refractivity contribution in [3.05, 3.63) is 36.5 Å². The maximum Gasteiger partial charge on any atom is 0.238 e. The van der Waals surface area contributed by atoms with E-state index in [4.69, 9.17) is 0 Å². The van der Waals surface area contributed by atoms with E-state index in [-0.39, 0.29) is 5.88 Å². The Bertz CT molecular complexity index is 564. The first-order valence-electron chi connectivity index (χ1n) is 7.26. The number of benzene rings is 1. The topological polar surface area (TPSA) is 41.3 Å². The van der Waals surface area contributed by atoms with Crippen LogP contribution in [0.1, 0.15) is 19.3 Å². The fraction of sp³-hybridized carbons (Fsp3) is 0.438. The van der Waals surface area contributed by atoms with E-state index in [1.54, 1.807) is 0 Å². The van der Waals surface area contributed by atoms with Gasteiger partial charge >= 0.3 is 0 Å². The minimum absolute atomic E-state index is 0.120. The number of likely N-dealkylation sites (tertiary alicyclic amines) is 1. The van der Waals surface area contributed by atoms with E-state index in [0.717, 1.165) is 24.2 Å². The Balaban J connectivity index is 1.79. The zero-order chi connectivity index (χ0) is 13.9. The summed E-state index contributed by atoms with van der Waals surface area (Å²) >= 11 is 0. The maximum atomic E-state index is 10.0. The zero-order valence-corrected chi connectivity index (χ0v) is 11.9. The zero-order valence-electron chi connectivity index (χ0n) is 11.9. The van der Waals surface area contributed by atoms with E-state index in [9.17, 15) is 5.11 Å². The first-order chi connectivity index (χ1) is 9.74. The van der Waals surface area contributed by atoms with Crippen LogP contribution in [-0.4, -0.2) is 39.4 Å². The lowest BCUT2D eigenvalue weighted by Crippen LogP contribution is -2.39. The lowest BCUT2D eigenvalue weighted by atomic mass is 10.0. The molecule has 1 aliphatic heterocycles. The number of aromatic hydroxyl groups is 1. The molecule has 1 atom stereocenters. The Morgan fingerprint density at radius 2 is 2.05 bits per heavy atom. The average molecular weight is 271 g/mol. The van der Waals surface area contributed by atoms with Crippen molar-refractivity contribution in [2.24, 2.45) is 0 Å². The van der Waals surface area contributed by atoms with Crippen LogP contribution in [0.4, 0.5) is 0 Å². The molecule has 3 rings (SSSR count). The highest BCUT2D eigenvalue weighted by Gasteiger charge is 2.20. The summed E-state index contributed by atoms with van der Waals surface area (Å²) in [5.41, 5.74) is 1.82. The van der Waals surface area contributed by atoms with Crippen LogP contribution < -0.4 is 0 Å². The van der Waals surface area contributed by atoms with Gasteiger partial charge in [0.15, 0.2) is 0 Å². The van der Waals surface area contributed by atoms with Crippen LogP contribution in [0.2, 0.25) is 0 Å². The summed E-state index contributed by atoms with van der Waals surface area (Å²) in [5.74, 6) is 0.120. The van der Waals surface area contributed by atoms with Gasteiger partial charge in [0, 0.05) is 12.2 Å². The fourth-order valence-electron chi connectivity index (χ4n) is 2.92.